The standard InChI is InChI=1S/C13H26N2O2/c1-10(2)14-7-8-15(11(3)4)12(9-14)5-6-13(16)17/h10-12H,5-9H2,1-4H3,(H,16,17). The van der Waals surface area contributed by atoms with Crippen LogP contribution < -0.4 is 0 Å². The molecule has 0 aromatic heterocycles. The van der Waals surface area contributed by atoms with Gasteiger partial charge in [-0.3, -0.25) is 14.6 Å². The minimum Gasteiger partial charge on any atom is -0.481 e. The Bertz CT molecular complexity index is 254. The highest BCUT2D eigenvalue weighted by Crippen LogP contribution is 2.18. The maximum atomic E-state index is 10.7. The van der Waals surface area contributed by atoms with Gasteiger partial charge in [0.1, 0.15) is 0 Å². The summed E-state index contributed by atoms with van der Waals surface area (Å²) in [4.78, 5) is 15.6. The summed E-state index contributed by atoms with van der Waals surface area (Å²) in [6.07, 6.45) is 1.04. The van der Waals surface area contributed by atoms with E-state index >= 15 is 0 Å². The first-order valence-corrected chi connectivity index (χ1v) is 6.63. The van der Waals surface area contributed by atoms with Crippen molar-refractivity contribution >= 4 is 5.97 Å². The number of carboxylic acid groups (broad SMARTS) is 1. The zero-order chi connectivity index (χ0) is 13.0. The van der Waals surface area contributed by atoms with Gasteiger partial charge in [0.05, 0.1) is 0 Å². The Labute approximate surface area is 105 Å². The molecular weight excluding hydrogens is 216 g/mol. The lowest BCUT2D eigenvalue weighted by Gasteiger charge is -2.45. The summed E-state index contributed by atoms with van der Waals surface area (Å²) in [6, 6.07) is 1.45. The van der Waals surface area contributed by atoms with Crippen LogP contribution in [0.4, 0.5) is 0 Å². The Hall–Kier alpha value is -0.610. The Morgan fingerprint density at radius 1 is 1.24 bits per heavy atom. The van der Waals surface area contributed by atoms with Crippen LogP contribution in [0, 0.1) is 0 Å². The average molecular weight is 242 g/mol. The monoisotopic (exact) mass is 242 g/mol. The molecule has 1 unspecified atom stereocenters. The van der Waals surface area contributed by atoms with Crippen molar-refractivity contribution in [3.63, 3.8) is 0 Å². The fourth-order valence-corrected chi connectivity index (χ4v) is 2.59. The smallest absolute Gasteiger partial charge is 0.303 e. The van der Waals surface area contributed by atoms with E-state index in [9.17, 15) is 4.79 Å². The number of aliphatic carboxylic acids is 1. The second kappa shape index (κ2) is 6.36. The van der Waals surface area contributed by atoms with Crippen molar-refractivity contribution in [2.24, 2.45) is 0 Å². The third-order valence-corrected chi connectivity index (χ3v) is 3.64. The molecule has 1 heterocycles. The van der Waals surface area contributed by atoms with E-state index in [1.54, 1.807) is 0 Å². The van der Waals surface area contributed by atoms with Crippen LogP contribution in [0.15, 0.2) is 0 Å². The van der Waals surface area contributed by atoms with Crippen molar-refractivity contribution in [3.05, 3.63) is 0 Å². The van der Waals surface area contributed by atoms with E-state index in [2.05, 4.69) is 37.5 Å². The maximum absolute atomic E-state index is 10.7. The van der Waals surface area contributed by atoms with Gasteiger partial charge >= 0.3 is 5.97 Å². The molecule has 1 aliphatic rings. The highest BCUT2D eigenvalue weighted by atomic mass is 16.4. The lowest BCUT2D eigenvalue weighted by Crippen LogP contribution is -2.56. The molecule has 0 bridgehead atoms. The molecule has 0 aliphatic carbocycles. The van der Waals surface area contributed by atoms with Crippen LogP contribution >= 0.6 is 0 Å². The minimum absolute atomic E-state index is 0.278. The van der Waals surface area contributed by atoms with E-state index in [0.29, 0.717) is 18.1 Å². The van der Waals surface area contributed by atoms with E-state index in [-0.39, 0.29) is 6.42 Å². The first-order valence-electron chi connectivity index (χ1n) is 6.63. The predicted octanol–water partition coefficient (Wildman–Crippen LogP) is 1.65. The number of hydrogen-bond acceptors (Lipinski definition) is 3. The Morgan fingerprint density at radius 3 is 2.35 bits per heavy atom. The van der Waals surface area contributed by atoms with Gasteiger partial charge in [-0.1, -0.05) is 0 Å². The van der Waals surface area contributed by atoms with Gasteiger partial charge in [-0.05, 0) is 34.1 Å². The maximum Gasteiger partial charge on any atom is 0.303 e. The molecule has 17 heavy (non-hydrogen) atoms. The number of carbonyl (C=O) groups is 1. The van der Waals surface area contributed by atoms with E-state index in [4.69, 9.17) is 5.11 Å². The normalized spacial score (nSPS) is 23.5. The molecule has 1 saturated heterocycles. The molecule has 0 radical (unpaired) electrons. The van der Waals surface area contributed by atoms with Crippen molar-refractivity contribution in [1.82, 2.24) is 9.80 Å². The molecule has 1 aliphatic heterocycles. The number of rotatable bonds is 5. The summed E-state index contributed by atoms with van der Waals surface area (Å²) in [5.41, 5.74) is 0. The zero-order valence-corrected chi connectivity index (χ0v) is 11.5. The molecule has 0 aromatic carbocycles. The number of piperazine rings is 1. The van der Waals surface area contributed by atoms with Crippen molar-refractivity contribution < 1.29 is 9.90 Å². The van der Waals surface area contributed by atoms with Crippen LogP contribution in [0.3, 0.4) is 0 Å². The summed E-state index contributed by atoms with van der Waals surface area (Å²) in [7, 11) is 0. The molecular formula is C13H26N2O2. The van der Waals surface area contributed by atoms with E-state index < -0.39 is 5.97 Å². The van der Waals surface area contributed by atoms with E-state index in [1.807, 2.05) is 0 Å². The van der Waals surface area contributed by atoms with Gasteiger partial charge in [0, 0.05) is 44.2 Å². The SMILES string of the molecule is CC(C)N1CCN(C(C)C)C(CCC(=O)O)C1. The fraction of sp³-hybridized carbons (Fsp3) is 0.923. The van der Waals surface area contributed by atoms with Crippen molar-refractivity contribution in [1.29, 1.82) is 0 Å². The van der Waals surface area contributed by atoms with Crippen LogP contribution in [0.25, 0.3) is 0 Å². The highest BCUT2D eigenvalue weighted by molar-refractivity contribution is 5.66. The van der Waals surface area contributed by atoms with E-state index in [1.165, 1.54) is 0 Å². The summed E-state index contributed by atoms with van der Waals surface area (Å²) in [5, 5.41) is 8.81. The summed E-state index contributed by atoms with van der Waals surface area (Å²) in [5.74, 6) is -0.685. The molecule has 0 spiro atoms. The molecule has 1 atom stereocenters. The molecule has 4 heteroatoms. The van der Waals surface area contributed by atoms with Gasteiger partial charge in [0.15, 0.2) is 0 Å². The van der Waals surface area contributed by atoms with Gasteiger partial charge in [-0.2, -0.15) is 0 Å². The predicted molar refractivity (Wildman–Crippen MR) is 69.2 cm³/mol. The zero-order valence-electron chi connectivity index (χ0n) is 11.5. The van der Waals surface area contributed by atoms with Crippen LogP contribution in [-0.4, -0.2) is 58.6 Å². The molecule has 1 rings (SSSR count). The summed E-state index contributed by atoms with van der Waals surface area (Å²) in [6.45, 7) is 12.0. The molecule has 100 valence electrons. The second-order valence-electron chi connectivity index (χ2n) is 5.51. The molecule has 0 aromatic rings. The first-order chi connectivity index (χ1) is 7.91. The van der Waals surface area contributed by atoms with Crippen LogP contribution in [0.1, 0.15) is 40.5 Å². The number of nitrogens with zero attached hydrogens (tertiary/aromatic N) is 2. The molecule has 1 N–H and O–H groups in total. The van der Waals surface area contributed by atoms with Crippen molar-refractivity contribution in [3.8, 4) is 0 Å². The summed E-state index contributed by atoms with van der Waals surface area (Å²) >= 11 is 0. The van der Waals surface area contributed by atoms with Crippen LogP contribution in [-0.2, 0) is 4.79 Å². The topological polar surface area (TPSA) is 43.8 Å². The fourth-order valence-electron chi connectivity index (χ4n) is 2.59. The quantitative estimate of drug-likeness (QED) is 0.796. The Balaban J connectivity index is 2.59. The Kier molecular flexibility index (Phi) is 5.40. The number of hydrogen-bond donors (Lipinski definition) is 1. The van der Waals surface area contributed by atoms with Gasteiger partial charge in [-0.25, -0.2) is 0 Å². The third kappa shape index (κ3) is 4.28. The van der Waals surface area contributed by atoms with Crippen molar-refractivity contribution in [2.75, 3.05) is 19.6 Å². The minimum atomic E-state index is -0.685. The number of carboxylic acids is 1. The largest absolute Gasteiger partial charge is 0.481 e. The highest BCUT2D eigenvalue weighted by Gasteiger charge is 2.29. The lowest BCUT2D eigenvalue weighted by atomic mass is 10.0. The summed E-state index contributed by atoms with van der Waals surface area (Å²) < 4.78 is 0. The van der Waals surface area contributed by atoms with Crippen LogP contribution in [0.2, 0.25) is 0 Å². The van der Waals surface area contributed by atoms with E-state index in [0.717, 1.165) is 26.1 Å². The molecule has 0 amide bonds. The molecule has 1 fully saturated rings. The Morgan fingerprint density at radius 2 is 1.88 bits per heavy atom. The van der Waals surface area contributed by atoms with Gasteiger partial charge < -0.3 is 5.11 Å². The average Bonchev–Trinajstić information content (AvgIpc) is 2.25. The molecule has 4 nitrogen and oxygen atoms in total. The van der Waals surface area contributed by atoms with Gasteiger partial charge in [0.2, 0.25) is 0 Å². The lowest BCUT2D eigenvalue weighted by molar-refractivity contribution is -0.137. The van der Waals surface area contributed by atoms with Gasteiger partial charge in [-0.15, -0.1) is 0 Å². The first kappa shape index (κ1) is 14.5. The molecule has 0 saturated carbocycles. The second-order valence-corrected chi connectivity index (χ2v) is 5.51. The third-order valence-electron chi connectivity index (χ3n) is 3.64. The van der Waals surface area contributed by atoms with Crippen molar-refractivity contribution in [2.45, 2.75) is 58.7 Å². The van der Waals surface area contributed by atoms with Crippen LogP contribution in [0.5, 0.6) is 0 Å². The van der Waals surface area contributed by atoms with Gasteiger partial charge in [0.25, 0.3) is 0 Å².